The minimum atomic E-state index is -5.30. The number of hydrogen-bond acceptors (Lipinski definition) is 3. The zero-order chi connectivity index (χ0) is 11.9. The van der Waals surface area contributed by atoms with Crippen molar-refractivity contribution in [3.8, 4) is 0 Å². The Hall–Kier alpha value is -0.340. The fourth-order valence-corrected chi connectivity index (χ4v) is 2.92. The fourth-order valence-electron chi connectivity index (χ4n) is 1.68. The lowest BCUT2D eigenvalue weighted by molar-refractivity contribution is -0.0499. The monoisotopic (exact) mass is 247 g/mol. The van der Waals surface area contributed by atoms with E-state index in [0.717, 1.165) is 0 Å². The summed E-state index contributed by atoms with van der Waals surface area (Å²) in [6, 6.07) is -0.961. The third-order valence-electron chi connectivity index (χ3n) is 2.62. The maximum atomic E-state index is 12.2. The predicted molar refractivity (Wildman–Crippen MR) is 46.3 cm³/mol. The van der Waals surface area contributed by atoms with Gasteiger partial charge in [-0.25, -0.2) is 8.42 Å². The molecule has 1 N–H and O–H groups in total. The van der Waals surface area contributed by atoms with E-state index in [2.05, 4.69) is 0 Å². The molecule has 2 atom stereocenters. The summed E-state index contributed by atoms with van der Waals surface area (Å²) >= 11 is 0. The molecule has 4 nitrogen and oxygen atoms in total. The first-order chi connectivity index (χ1) is 6.71. The van der Waals surface area contributed by atoms with Gasteiger partial charge in [-0.3, -0.25) is 0 Å². The van der Waals surface area contributed by atoms with Gasteiger partial charge < -0.3 is 5.11 Å². The van der Waals surface area contributed by atoms with Crippen molar-refractivity contribution in [3.63, 3.8) is 0 Å². The number of nitrogens with zero attached hydrogens (tertiary/aromatic N) is 1. The molecule has 0 saturated carbocycles. The van der Waals surface area contributed by atoms with E-state index in [0.29, 0.717) is 10.7 Å². The summed E-state index contributed by atoms with van der Waals surface area (Å²) in [5.74, 6) is -0.257. The summed E-state index contributed by atoms with van der Waals surface area (Å²) in [5.41, 5.74) is -5.29. The minimum absolute atomic E-state index is 0.186. The zero-order valence-corrected chi connectivity index (χ0v) is 8.85. The molecule has 2 unspecified atom stereocenters. The highest BCUT2D eigenvalue weighted by molar-refractivity contribution is 7.90. The third-order valence-corrected chi connectivity index (χ3v) is 4.28. The van der Waals surface area contributed by atoms with Gasteiger partial charge in [0.2, 0.25) is 0 Å². The van der Waals surface area contributed by atoms with Gasteiger partial charge in [0.15, 0.2) is 0 Å². The molecule has 1 rings (SSSR count). The van der Waals surface area contributed by atoms with Crippen molar-refractivity contribution in [2.75, 3.05) is 13.2 Å². The molecule has 0 aliphatic carbocycles. The number of rotatable bonds is 2. The molecule has 1 aliphatic heterocycles. The van der Waals surface area contributed by atoms with Crippen LogP contribution in [0.25, 0.3) is 0 Å². The highest BCUT2D eigenvalue weighted by atomic mass is 32.2. The number of alkyl halides is 3. The van der Waals surface area contributed by atoms with Crippen LogP contribution in [-0.4, -0.2) is 42.5 Å². The van der Waals surface area contributed by atoms with Crippen LogP contribution in [0.4, 0.5) is 13.2 Å². The lowest BCUT2D eigenvalue weighted by Gasteiger charge is -2.25. The van der Waals surface area contributed by atoms with Crippen molar-refractivity contribution in [1.82, 2.24) is 4.31 Å². The summed E-state index contributed by atoms with van der Waals surface area (Å²) in [4.78, 5) is 0. The average Bonchev–Trinajstić information content (AvgIpc) is 2.44. The van der Waals surface area contributed by atoms with Gasteiger partial charge in [-0.1, -0.05) is 6.92 Å². The van der Waals surface area contributed by atoms with Gasteiger partial charge in [0, 0.05) is 6.54 Å². The van der Waals surface area contributed by atoms with Crippen LogP contribution in [0.1, 0.15) is 13.3 Å². The van der Waals surface area contributed by atoms with E-state index in [4.69, 9.17) is 5.11 Å². The quantitative estimate of drug-likeness (QED) is 0.774. The molecular formula is C7H12F3NO3S. The summed E-state index contributed by atoms with van der Waals surface area (Å²) < 4.78 is 59.1. The van der Waals surface area contributed by atoms with E-state index < -0.39 is 28.2 Å². The van der Waals surface area contributed by atoms with Gasteiger partial charge in [-0.05, 0) is 12.3 Å². The first-order valence-corrected chi connectivity index (χ1v) is 5.84. The average molecular weight is 247 g/mol. The van der Waals surface area contributed by atoms with Crippen LogP contribution in [0.15, 0.2) is 0 Å². The van der Waals surface area contributed by atoms with Crippen LogP contribution < -0.4 is 0 Å². The maximum Gasteiger partial charge on any atom is 0.511 e. The topological polar surface area (TPSA) is 57.6 Å². The second kappa shape index (κ2) is 3.91. The summed E-state index contributed by atoms with van der Waals surface area (Å²) in [7, 11) is -5.30. The number of halogens is 3. The molecule has 8 heteroatoms. The van der Waals surface area contributed by atoms with Gasteiger partial charge in [0.05, 0.1) is 12.6 Å². The summed E-state index contributed by atoms with van der Waals surface area (Å²) in [5, 5.41) is 8.86. The molecule has 0 spiro atoms. The van der Waals surface area contributed by atoms with Crippen molar-refractivity contribution >= 4 is 10.0 Å². The van der Waals surface area contributed by atoms with Crippen LogP contribution >= 0.6 is 0 Å². The van der Waals surface area contributed by atoms with Crippen LogP contribution in [0, 0.1) is 5.92 Å². The van der Waals surface area contributed by atoms with Gasteiger partial charge in [-0.2, -0.15) is 17.5 Å². The Labute approximate surface area is 85.7 Å². The van der Waals surface area contributed by atoms with Crippen LogP contribution in [0.5, 0.6) is 0 Å². The molecule has 90 valence electrons. The van der Waals surface area contributed by atoms with E-state index in [-0.39, 0.29) is 12.5 Å². The summed E-state index contributed by atoms with van der Waals surface area (Å²) in [6.07, 6.45) is 0.334. The molecule has 1 aliphatic rings. The number of hydrogen-bond donors (Lipinski definition) is 1. The Morgan fingerprint density at radius 2 is 2.00 bits per heavy atom. The van der Waals surface area contributed by atoms with Gasteiger partial charge in [-0.15, -0.1) is 0 Å². The Kier molecular flexibility index (Phi) is 3.32. The van der Waals surface area contributed by atoms with Crippen molar-refractivity contribution in [3.05, 3.63) is 0 Å². The highest BCUT2D eigenvalue weighted by Crippen LogP contribution is 2.34. The van der Waals surface area contributed by atoms with Crippen molar-refractivity contribution < 1.29 is 26.7 Å². The lowest BCUT2D eigenvalue weighted by Crippen LogP contribution is -2.45. The first-order valence-electron chi connectivity index (χ1n) is 4.40. The van der Waals surface area contributed by atoms with Crippen molar-refractivity contribution in [2.45, 2.75) is 24.9 Å². The molecular weight excluding hydrogens is 235 g/mol. The number of aliphatic hydroxyl groups excluding tert-OH is 1. The maximum absolute atomic E-state index is 12.2. The fraction of sp³-hybridized carbons (Fsp3) is 1.00. The highest BCUT2D eigenvalue weighted by Gasteiger charge is 2.54. The Morgan fingerprint density at radius 3 is 2.40 bits per heavy atom. The van der Waals surface area contributed by atoms with Crippen molar-refractivity contribution in [2.24, 2.45) is 5.92 Å². The van der Waals surface area contributed by atoms with Crippen LogP contribution in [0.2, 0.25) is 0 Å². The molecule has 0 radical (unpaired) electrons. The molecule has 1 fully saturated rings. The smallest absolute Gasteiger partial charge is 0.395 e. The molecule has 0 aromatic carbocycles. The zero-order valence-electron chi connectivity index (χ0n) is 8.03. The normalized spacial score (nSPS) is 29.7. The third kappa shape index (κ3) is 2.11. The van der Waals surface area contributed by atoms with E-state index in [1.807, 2.05) is 0 Å². The standard InChI is InChI=1S/C7H12F3NO3S/c1-5-2-3-11(6(5)4-12)15(13,14)7(8,9)10/h5-6,12H,2-4H2,1H3. The lowest BCUT2D eigenvalue weighted by atomic mass is 10.0. The predicted octanol–water partition coefficient (Wildman–Crippen LogP) is 0.539. The second-order valence-electron chi connectivity index (χ2n) is 3.58. The molecule has 0 aromatic rings. The number of aliphatic hydroxyl groups is 1. The number of sulfonamides is 1. The molecule has 15 heavy (non-hydrogen) atoms. The summed E-state index contributed by atoms with van der Waals surface area (Å²) in [6.45, 7) is 0.845. The van der Waals surface area contributed by atoms with Gasteiger partial charge >= 0.3 is 15.5 Å². The Bertz CT molecular complexity index is 327. The van der Waals surface area contributed by atoms with E-state index in [9.17, 15) is 21.6 Å². The van der Waals surface area contributed by atoms with Crippen LogP contribution in [0.3, 0.4) is 0 Å². The minimum Gasteiger partial charge on any atom is -0.395 e. The molecule has 0 amide bonds. The van der Waals surface area contributed by atoms with E-state index in [1.54, 1.807) is 6.92 Å². The Balaban J connectivity index is 2.99. The van der Waals surface area contributed by atoms with E-state index in [1.165, 1.54) is 0 Å². The van der Waals surface area contributed by atoms with Crippen molar-refractivity contribution in [1.29, 1.82) is 0 Å². The molecule has 0 aromatic heterocycles. The van der Waals surface area contributed by atoms with Crippen LogP contribution in [-0.2, 0) is 10.0 Å². The van der Waals surface area contributed by atoms with Gasteiger partial charge in [0.25, 0.3) is 0 Å². The Morgan fingerprint density at radius 1 is 1.47 bits per heavy atom. The van der Waals surface area contributed by atoms with Gasteiger partial charge in [0.1, 0.15) is 0 Å². The molecule has 0 bridgehead atoms. The largest absolute Gasteiger partial charge is 0.511 e. The molecule has 1 heterocycles. The first kappa shape index (κ1) is 12.7. The second-order valence-corrected chi connectivity index (χ2v) is 5.46. The molecule has 1 saturated heterocycles. The SMILES string of the molecule is CC1CCN(S(=O)(=O)C(F)(F)F)C1CO. The van der Waals surface area contributed by atoms with E-state index >= 15 is 0 Å².